The van der Waals surface area contributed by atoms with Crippen LogP contribution in [0.5, 0.6) is 5.75 Å². The first kappa shape index (κ1) is 20.1. The first-order chi connectivity index (χ1) is 14.6. The van der Waals surface area contributed by atoms with E-state index in [0.29, 0.717) is 13.0 Å². The molecule has 1 aromatic heterocycles. The molecule has 6 nitrogen and oxygen atoms in total. The van der Waals surface area contributed by atoms with Crippen molar-refractivity contribution in [3.8, 4) is 16.3 Å². The summed E-state index contributed by atoms with van der Waals surface area (Å²) < 4.78 is 10.4. The molecule has 0 radical (unpaired) electrons. The normalized spacial score (nSPS) is 15.7. The van der Waals surface area contributed by atoms with Crippen LogP contribution in [0, 0.1) is 6.92 Å². The Morgan fingerprint density at radius 1 is 1.10 bits per heavy atom. The van der Waals surface area contributed by atoms with E-state index < -0.39 is 18.1 Å². The van der Waals surface area contributed by atoms with Gasteiger partial charge in [-0.05, 0) is 43.9 Å². The minimum Gasteiger partial charge on any atom is -0.487 e. The topological polar surface area (TPSA) is 77.5 Å². The number of nitrogens with one attached hydrogen (secondary N) is 1. The van der Waals surface area contributed by atoms with Gasteiger partial charge < -0.3 is 14.8 Å². The average molecular weight is 423 g/mol. The first-order valence-electron chi connectivity index (χ1n) is 9.84. The lowest BCUT2D eigenvalue weighted by molar-refractivity contribution is -0.135. The van der Waals surface area contributed by atoms with Gasteiger partial charge in [-0.1, -0.05) is 42.5 Å². The summed E-state index contributed by atoms with van der Waals surface area (Å²) in [5.41, 5.74) is 3.22. The molecule has 1 saturated heterocycles. The van der Waals surface area contributed by atoms with Gasteiger partial charge in [0.15, 0.2) is 0 Å². The Morgan fingerprint density at radius 3 is 2.57 bits per heavy atom. The number of esters is 1. The summed E-state index contributed by atoms with van der Waals surface area (Å²) in [6.45, 7) is 2.49. The number of thiazole rings is 1. The molecule has 1 aliphatic rings. The molecule has 1 N–H and O–H groups in total. The van der Waals surface area contributed by atoms with E-state index >= 15 is 0 Å². The molecule has 4 rings (SSSR count). The molecule has 1 amide bonds. The number of aromatic nitrogens is 1. The maximum absolute atomic E-state index is 11.4. The SMILES string of the molecule is Cc1sc(-c2ccccc2)nc1COc1ccc(CCCC2NC(=O)OC2=O)cc1. The number of hydrogen-bond donors (Lipinski definition) is 1. The Balaban J connectivity index is 1.27. The van der Waals surface area contributed by atoms with Crippen LogP contribution in [0.15, 0.2) is 54.6 Å². The number of aryl methyl sites for hydroxylation is 2. The van der Waals surface area contributed by atoms with Crippen LogP contribution in [0.4, 0.5) is 4.79 Å². The molecule has 1 aliphatic heterocycles. The summed E-state index contributed by atoms with van der Waals surface area (Å²) in [6.07, 6.45) is 1.50. The predicted molar refractivity (Wildman–Crippen MR) is 114 cm³/mol. The third kappa shape index (κ3) is 4.86. The van der Waals surface area contributed by atoms with Crippen molar-refractivity contribution in [3.63, 3.8) is 0 Å². The van der Waals surface area contributed by atoms with Crippen LogP contribution in [-0.4, -0.2) is 23.1 Å². The Labute approximate surface area is 178 Å². The number of amides is 1. The highest BCUT2D eigenvalue weighted by Gasteiger charge is 2.31. The first-order valence-corrected chi connectivity index (χ1v) is 10.7. The van der Waals surface area contributed by atoms with Gasteiger partial charge in [0.2, 0.25) is 0 Å². The van der Waals surface area contributed by atoms with E-state index in [-0.39, 0.29) is 0 Å². The van der Waals surface area contributed by atoms with Gasteiger partial charge in [0.25, 0.3) is 0 Å². The highest BCUT2D eigenvalue weighted by molar-refractivity contribution is 7.15. The molecule has 1 unspecified atom stereocenters. The molecule has 0 saturated carbocycles. The molecule has 0 bridgehead atoms. The summed E-state index contributed by atoms with van der Waals surface area (Å²) >= 11 is 1.67. The van der Waals surface area contributed by atoms with Crippen LogP contribution in [0.3, 0.4) is 0 Å². The van der Waals surface area contributed by atoms with Crippen LogP contribution < -0.4 is 10.1 Å². The number of rotatable bonds is 8. The quantitative estimate of drug-likeness (QED) is 0.422. The number of hydrogen-bond acceptors (Lipinski definition) is 6. The molecule has 7 heteroatoms. The second kappa shape index (κ2) is 9.09. The number of cyclic esters (lactones) is 2. The van der Waals surface area contributed by atoms with Crippen molar-refractivity contribution in [3.05, 3.63) is 70.7 Å². The maximum Gasteiger partial charge on any atom is 0.415 e. The number of alkyl carbamates (subject to hydrolysis) is 1. The van der Waals surface area contributed by atoms with E-state index in [2.05, 4.69) is 29.1 Å². The molecule has 30 heavy (non-hydrogen) atoms. The third-order valence-corrected chi connectivity index (χ3v) is 6.00. The molecular weight excluding hydrogens is 400 g/mol. The van der Waals surface area contributed by atoms with Crippen LogP contribution in [0.1, 0.15) is 29.0 Å². The Hall–Kier alpha value is -3.19. The molecule has 0 aliphatic carbocycles. The summed E-state index contributed by atoms with van der Waals surface area (Å²) in [5, 5.41) is 3.52. The van der Waals surface area contributed by atoms with Crippen LogP contribution in [-0.2, 0) is 22.6 Å². The van der Waals surface area contributed by atoms with Crippen molar-refractivity contribution in [2.45, 2.75) is 38.8 Å². The molecule has 154 valence electrons. The number of carbonyl (C=O) groups is 2. The van der Waals surface area contributed by atoms with E-state index in [0.717, 1.165) is 45.3 Å². The maximum atomic E-state index is 11.4. The van der Waals surface area contributed by atoms with Gasteiger partial charge in [-0.3, -0.25) is 0 Å². The Kier molecular flexibility index (Phi) is 6.09. The van der Waals surface area contributed by atoms with E-state index in [1.807, 2.05) is 42.5 Å². The van der Waals surface area contributed by atoms with Crippen molar-refractivity contribution < 1.29 is 19.1 Å². The van der Waals surface area contributed by atoms with Crippen LogP contribution >= 0.6 is 11.3 Å². The minimum atomic E-state index is -0.655. The van der Waals surface area contributed by atoms with Gasteiger partial charge in [0.05, 0.1) is 5.69 Å². The third-order valence-electron chi connectivity index (χ3n) is 4.94. The number of ether oxygens (including phenoxy) is 2. The molecule has 1 fully saturated rings. The smallest absolute Gasteiger partial charge is 0.415 e. The summed E-state index contributed by atoms with van der Waals surface area (Å²) in [7, 11) is 0. The lowest BCUT2D eigenvalue weighted by atomic mass is 10.0. The van der Waals surface area contributed by atoms with E-state index in [1.54, 1.807) is 11.3 Å². The average Bonchev–Trinajstić information content (AvgIpc) is 3.29. The Bertz CT molecular complexity index is 1030. The molecule has 2 heterocycles. The molecule has 3 aromatic rings. The second-order valence-corrected chi connectivity index (χ2v) is 8.32. The van der Waals surface area contributed by atoms with Gasteiger partial charge in [0, 0.05) is 10.4 Å². The van der Waals surface area contributed by atoms with E-state index in [9.17, 15) is 9.59 Å². The van der Waals surface area contributed by atoms with E-state index in [1.165, 1.54) is 0 Å². The molecule has 0 spiro atoms. The summed E-state index contributed by atoms with van der Waals surface area (Å²) in [4.78, 5) is 28.3. The Morgan fingerprint density at radius 2 is 1.87 bits per heavy atom. The standard InChI is InChI=1S/C23H22N2O4S/c1-15-20(24-21(30-15)17-7-3-2-4-8-17)14-28-18-12-10-16(11-13-18)6-5-9-19-22(26)29-23(27)25-19/h2-4,7-8,10-13,19H,5-6,9,14H2,1H3,(H,25,27). The molecule has 1 atom stereocenters. The number of benzene rings is 2. The zero-order valence-electron chi connectivity index (χ0n) is 16.6. The molecular formula is C23H22N2O4S. The van der Waals surface area contributed by atoms with Gasteiger partial charge in [0.1, 0.15) is 23.4 Å². The lowest BCUT2D eigenvalue weighted by Crippen LogP contribution is -2.28. The van der Waals surface area contributed by atoms with Gasteiger partial charge in [-0.25, -0.2) is 14.6 Å². The van der Waals surface area contributed by atoms with Crippen LogP contribution in [0.25, 0.3) is 10.6 Å². The number of carbonyl (C=O) groups excluding carboxylic acids is 2. The van der Waals surface area contributed by atoms with E-state index in [4.69, 9.17) is 9.72 Å². The minimum absolute atomic E-state index is 0.429. The fraction of sp³-hybridized carbons (Fsp3) is 0.261. The fourth-order valence-corrected chi connectivity index (χ4v) is 4.19. The zero-order chi connectivity index (χ0) is 20.9. The van der Waals surface area contributed by atoms with Crippen molar-refractivity contribution >= 4 is 23.4 Å². The second-order valence-electron chi connectivity index (χ2n) is 7.12. The van der Waals surface area contributed by atoms with Crippen molar-refractivity contribution in [1.82, 2.24) is 10.3 Å². The monoisotopic (exact) mass is 422 g/mol. The van der Waals surface area contributed by atoms with Crippen molar-refractivity contribution in [2.24, 2.45) is 0 Å². The lowest BCUT2D eigenvalue weighted by Gasteiger charge is -2.08. The highest BCUT2D eigenvalue weighted by Crippen LogP contribution is 2.28. The highest BCUT2D eigenvalue weighted by atomic mass is 32.1. The number of nitrogens with zero attached hydrogens (tertiary/aromatic N) is 1. The predicted octanol–water partition coefficient (Wildman–Crippen LogP) is 4.66. The van der Waals surface area contributed by atoms with Crippen LogP contribution in [0.2, 0.25) is 0 Å². The largest absolute Gasteiger partial charge is 0.487 e. The summed E-state index contributed by atoms with van der Waals surface area (Å²) in [6, 6.07) is 17.5. The zero-order valence-corrected chi connectivity index (χ0v) is 17.4. The molecule has 2 aromatic carbocycles. The van der Waals surface area contributed by atoms with Crippen molar-refractivity contribution in [1.29, 1.82) is 0 Å². The van der Waals surface area contributed by atoms with Gasteiger partial charge in [-0.2, -0.15) is 0 Å². The van der Waals surface area contributed by atoms with Gasteiger partial charge >= 0.3 is 12.1 Å². The summed E-state index contributed by atoms with van der Waals surface area (Å²) in [5.74, 6) is 0.301. The fourth-order valence-electron chi connectivity index (χ4n) is 3.26. The van der Waals surface area contributed by atoms with Crippen molar-refractivity contribution in [2.75, 3.05) is 0 Å². The van der Waals surface area contributed by atoms with Gasteiger partial charge in [-0.15, -0.1) is 11.3 Å².